The first-order valence-electron chi connectivity index (χ1n) is 9.37. The number of thiophene rings is 1. The Morgan fingerprint density at radius 1 is 1.36 bits per heavy atom. The topological polar surface area (TPSA) is 39.7 Å². The molecule has 0 saturated carbocycles. The van der Waals surface area contributed by atoms with Crippen molar-refractivity contribution >= 4 is 41.3 Å². The molecule has 0 amide bonds. The molecule has 3 atom stereocenters. The number of guanidine groups is 1. The molecule has 4 nitrogen and oxygen atoms in total. The van der Waals surface area contributed by atoms with E-state index in [1.165, 1.54) is 37.0 Å². The fourth-order valence-corrected chi connectivity index (χ4v) is 5.11. The fraction of sp³-hybridized carbons (Fsp3) is 0.737. The quantitative estimate of drug-likeness (QED) is 0.387. The molecule has 0 radical (unpaired) electrons. The van der Waals surface area contributed by atoms with E-state index in [0.29, 0.717) is 12.0 Å². The summed E-state index contributed by atoms with van der Waals surface area (Å²) in [7, 11) is 4.19. The molecule has 0 spiro atoms. The monoisotopic (exact) mass is 476 g/mol. The molecule has 2 saturated heterocycles. The smallest absolute Gasteiger partial charge is 0.191 e. The average Bonchev–Trinajstić information content (AvgIpc) is 3.05. The van der Waals surface area contributed by atoms with Crippen molar-refractivity contribution in [3.05, 3.63) is 22.4 Å². The van der Waals surface area contributed by atoms with Crippen LogP contribution in [-0.4, -0.2) is 49.6 Å². The van der Waals surface area contributed by atoms with Crippen LogP contribution in [0.25, 0.3) is 0 Å². The van der Waals surface area contributed by atoms with Crippen LogP contribution in [0.4, 0.5) is 0 Å². The zero-order valence-electron chi connectivity index (χ0n) is 15.7. The molecule has 2 N–H and O–H groups in total. The van der Waals surface area contributed by atoms with Gasteiger partial charge in [0.1, 0.15) is 0 Å². The van der Waals surface area contributed by atoms with E-state index >= 15 is 0 Å². The normalized spacial score (nSPS) is 28.1. The number of nitrogens with one attached hydrogen (secondary N) is 2. The van der Waals surface area contributed by atoms with Crippen molar-refractivity contribution in [1.29, 1.82) is 0 Å². The Morgan fingerprint density at radius 2 is 2.08 bits per heavy atom. The van der Waals surface area contributed by atoms with Gasteiger partial charge in [-0.2, -0.15) is 0 Å². The Balaban J connectivity index is 0.00000225. The van der Waals surface area contributed by atoms with Gasteiger partial charge in [0.25, 0.3) is 0 Å². The first-order valence-corrected chi connectivity index (χ1v) is 10.2. The minimum Gasteiger partial charge on any atom is -0.356 e. The molecule has 2 fully saturated rings. The van der Waals surface area contributed by atoms with Gasteiger partial charge in [-0.15, -0.1) is 35.3 Å². The van der Waals surface area contributed by atoms with Crippen LogP contribution in [0.5, 0.6) is 0 Å². The molecule has 0 aromatic carbocycles. The number of aliphatic imine (C=N–C) groups is 1. The lowest BCUT2D eigenvalue weighted by molar-refractivity contribution is 0.0526. The average molecular weight is 476 g/mol. The highest BCUT2D eigenvalue weighted by atomic mass is 127. The zero-order valence-corrected chi connectivity index (χ0v) is 18.8. The first-order chi connectivity index (χ1) is 11.7. The Kier molecular flexibility index (Phi) is 8.48. The predicted molar refractivity (Wildman–Crippen MR) is 119 cm³/mol. The van der Waals surface area contributed by atoms with Crippen LogP contribution in [-0.2, 0) is 6.42 Å². The first kappa shape index (κ1) is 21.0. The van der Waals surface area contributed by atoms with E-state index in [-0.39, 0.29) is 24.0 Å². The van der Waals surface area contributed by atoms with Crippen molar-refractivity contribution in [2.24, 2.45) is 10.9 Å². The van der Waals surface area contributed by atoms with Crippen LogP contribution >= 0.6 is 35.3 Å². The van der Waals surface area contributed by atoms with Crippen molar-refractivity contribution in [2.45, 2.75) is 63.6 Å². The molecule has 1 aromatic rings. The second-order valence-corrected chi connectivity index (χ2v) is 8.59. The summed E-state index contributed by atoms with van der Waals surface area (Å²) in [6.07, 6.45) is 7.75. The minimum absolute atomic E-state index is 0. The van der Waals surface area contributed by atoms with Crippen LogP contribution in [0.3, 0.4) is 0 Å². The molecule has 0 aliphatic carbocycles. The van der Waals surface area contributed by atoms with Crippen LogP contribution in [0.15, 0.2) is 22.5 Å². The number of fused-ring (bicyclic) bond motifs is 2. The third-order valence-corrected chi connectivity index (χ3v) is 6.55. The summed E-state index contributed by atoms with van der Waals surface area (Å²) in [5.41, 5.74) is 0. The number of piperidine rings is 2. The SMILES string of the molecule is CN=C(NCC(C)Cc1cccs1)NC1CC2CCCC(C1)N2C.I. The van der Waals surface area contributed by atoms with Crippen molar-refractivity contribution in [1.82, 2.24) is 15.5 Å². The van der Waals surface area contributed by atoms with E-state index in [0.717, 1.165) is 31.0 Å². The summed E-state index contributed by atoms with van der Waals surface area (Å²) in [4.78, 5) is 8.53. The van der Waals surface area contributed by atoms with Crippen LogP contribution in [0.2, 0.25) is 0 Å². The van der Waals surface area contributed by atoms with E-state index in [1.54, 1.807) is 0 Å². The summed E-state index contributed by atoms with van der Waals surface area (Å²) in [5.74, 6) is 1.58. The molecule has 6 heteroatoms. The van der Waals surface area contributed by atoms with E-state index in [1.807, 2.05) is 18.4 Å². The molecular weight excluding hydrogens is 443 g/mol. The number of halogens is 1. The lowest BCUT2D eigenvalue weighted by atomic mass is 9.82. The van der Waals surface area contributed by atoms with Gasteiger partial charge in [-0.1, -0.05) is 19.4 Å². The Bertz CT molecular complexity index is 520. The van der Waals surface area contributed by atoms with Gasteiger partial charge in [0.2, 0.25) is 0 Å². The van der Waals surface area contributed by atoms with Crippen molar-refractivity contribution in [3.63, 3.8) is 0 Å². The van der Waals surface area contributed by atoms with Gasteiger partial charge in [0.15, 0.2) is 5.96 Å². The molecular formula is C19H33IN4S. The summed E-state index contributed by atoms with van der Waals surface area (Å²) in [6, 6.07) is 6.44. The van der Waals surface area contributed by atoms with E-state index in [9.17, 15) is 0 Å². The van der Waals surface area contributed by atoms with E-state index in [4.69, 9.17) is 0 Å². The minimum atomic E-state index is 0. The molecule has 25 heavy (non-hydrogen) atoms. The van der Waals surface area contributed by atoms with Crippen LogP contribution in [0, 0.1) is 5.92 Å². The molecule has 2 aliphatic rings. The second-order valence-electron chi connectivity index (χ2n) is 7.56. The fourth-order valence-electron chi connectivity index (χ4n) is 4.24. The highest BCUT2D eigenvalue weighted by Crippen LogP contribution is 2.32. The number of hydrogen-bond acceptors (Lipinski definition) is 3. The van der Waals surface area contributed by atoms with Crippen LogP contribution < -0.4 is 10.6 Å². The molecule has 3 rings (SSSR count). The van der Waals surface area contributed by atoms with Gasteiger partial charge in [0, 0.05) is 36.6 Å². The molecule has 3 heterocycles. The number of hydrogen-bond donors (Lipinski definition) is 2. The van der Waals surface area contributed by atoms with Crippen molar-refractivity contribution in [2.75, 3.05) is 20.6 Å². The molecule has 2 bridgehead atoms. The largest absolute Gasteiger partial charge is 0.356 e. The van der Waals surface area contributed by atoms with Gasteiger partial charge in [0.05, 0.1) is 0 Å². The van der Waals surface area contributed by atoms with Gasteiger partial charge < -0.3 is 15.5 Å². The summed E-state index contributed by atoms with van der Waals surface area (Å²) in [5, 5.41) is 9.38. The zero-order chi connectivity index (χ0) is 16.9. The number of rotatable bonds is 5. The van der Waals surface area contributed by atoms with E-state index in [2.05, 4.69) is 52.0 Å². The maximum atomic E-state index is 4.45. The highest BCUT2D eigenvalue weighted by molar-refractivity contribution is 14.0. The summed E-state index contributed by atoms with van der Waals surface area (Å²) < 4.78 is 0. The van der Waals surface area contributed by atoms with E-state index < -0.39 is 0 Å². The maximum absolute atomic E-state index is 4.45. The van der Waals surface area contributed by atoms with Gasteiger partial charge in [-0.25, -0.2) is 0 Å². The lowest BCUT2D eigenvalue weighted by Crippen LogP contribution is -2.56. The molecule has 2 aliphatic heterocycles. The maximum Gasteiger partial charge on any atom is 0.191 e. The van der Waals surface area contributed by atoms with Gasteiger partial charge >= 0.3 is 0 Å². The summed E-state index contributed by atoms with van der Waals surface area (Å²) >= 11 is 1.85. The molecule has 142 valence electrons. The van der Waals surface area contributed by atoms with Gasteiger partial charge in [-0.05, 0) is 56.5 Å². The third kappa shape index (κ3) is 5.82. The Hall–Kier alpha value is -0.340. The predicted octanol–water partition coefficient (Wildman–Crippen LogP) is 3.73. The number of nitrogens with zero attached hydrogens (tertiary/aromatic N) is 2. The second kappa shape index (κ2) is 10.1. The highest BCUT2D eigenvalue weighted by Gasteiger charge is 2.36. The van der Waals surface area contributed by atoms with Crippen molar-refractivity contribution in [3.8, 4) is 0 Å². The molecule has 1 aromatic heterocycles. The molecule has 3 unspecified atom stereocenters. The summed E-state index contributed by atoms with van der Waals surface area (Å²) in [6.45, 7) is 3.27. The van der Waals surface area contributed by atoms with Gasteiger partial charge in [-0.3, -0.25) is 4.99 Å². The Morgan fingerprint density at radius 3 is 2.68 bits per heavy atom. The standard InChI is InChI=1S/C19H32N4S.HI/c1-14(10-18-8-5-9-24-18)13-21-19(20-2)22-15-11-16-6-4-7-17(12-15)23(16)3;/h5,8-9,14-17H,4,6-7,10-13H2,1-3H3,(H2,20,21,22);1H. The Labute approximate surface area is 173 Å². The lowest BCUT2D eigenvalue weighted by Gasteiger charge is -2.47. The van der Waals surface area contributed by atoms with Crippen molar-refractivity contribution < 1.29 is 0 Å². The van der Waals surface area contributed by atoms with Crippen LogP contribution in [0.1, 0.15) is 43.9 Å². The third-order valence-electron chi connectivity index (χ3n) is 5.65.